The lowest BCUT2D eigenvalue weighted by atomic mass is 10.0. The average molecular weight is 781 g/mol. The van der Waals surface area contributed by atoms with Gasteiger partial charge in [0.15, 0.2) is 0 Å². The number of benzene rings is 2. The van der Waals surface area contributed by atoms with Crippen LogP contribution >= 0.6 is 0 Å². The van der Waals surface area contributed by atoms with Crippen molar-refractivity contribution in [3.8, 4) is 0 Å². The minimum atomic E-state index is 0.0520. The lowest BCUT2D eigenvalue weighted by molar-refractivity contribution is 0.191. The topological polar surface area (TPSA) is 100 Å². The maximum atomic E-state index is 12.3. The van der Waals surface area contributed by atoms with E-state index in [1.54, 1.807) is 36.9 Å². The lowest BCUT2D eigenvalue weighted by Gasteiger charge is -2.32. The Hall–Kier alpha value is -5.00. The molecule has 10 heteroatoms. The predicted molar refractivity (Wildman–Crippen MR) is 236 cm³/mol. The molecule has 58 heavy (non-hydrogen) atoms. The first-order valence-electron chi connectivity index (χ1n) is 21.4. The SMILES string of the molecule is CCc1ccc(CNC2CCN(CCn3c(=O)ccc4ccncc43)CC2)cc1.CCc1ccc(CNC2CCN(CCn3c(=O)ccc4ccncc43)CC2)cc1. The van der Waals surface area contributed by atoms with Gasteiger partial charge in [-0.05, 0) is 111 Å². The van der Waals surface area contributed by atoms with Crippen molar-refractivity contribution in [3.63, 3.8) is 0 Å². The molecule has 2 aliphatic rings. The van der Waals surface area contributed by atoms with Crippen LogP contribution in [0, 0.1) is 0 Å². The van der Waals surface area contributed by atoms with Crippen molar-refractivity contribution in [2.75, 3.05) is 39.3 Å². The Morgan fingerprint density at radius 1 is 0.500 bits per heavy atom. The molecule has 8 rings (SSSR count). The number of rotatable bonds is 14. The molecule has 0 bridgehead atoms. The average Bonchev–Trinajstić information content (AvgIpc) is 3.28. The number of likely N-dealkylation sites (tertiary alicyclic amines) is 2. The molecule has 2 aliphatic heterocycles. The van der Waals surface area contributed by atoms with E-state index in [-0.39, 0.29) is 11.1 Å². The predicted octanol–water partition coefficient (Wildman–Crippen LogP) is 6.43. The maximum Gasteiger partial charge on any atom is 0.251 e. The summed E-state index contributed by atoms with van der Waals surface area (Å²) >= 11 is 0. The Bertz CT molecular complexity index is 2140. The molecule has 6 aromatic rings. The third-order valence-electron chi connectivity index (χ3n) is 12.1. The summed E-state index contributed by atoms with van der Waals surface area (Å²) in [5.74, 6) is 0. The van der Waals surface area contributed by atoms with E-state index in [2.05, 4.69) is 92.8 Å². The van der Waals surface area contributed by atoms with Gasteiger partial charge in [-0.15, -0.1) is 0 Å². The molecule has 6 heterocycles. The maximum absolute atomic E-state index is 12.3. The van der Waals surface area contributed by atoms with E-state index in [9.17, 15) is 9.59 Å². The highest BCUT2D eigenvalue weighted by molar-refractivity contribution is 5.78. The zero-order chi connectivity index (χ0) is 40.1. The molecule has 2 fully saturated rings. The van der Waals surface area contributed by atoms with Gasteiger partial charge < -0.3 is 29.6 Å². The summed E-state index contributed by atoms with van der Waals surface area (Å²) in [6.07, 6.45) is 13.9. The fourth-order valence-electron chi connectivity index (χ4n) is 8.24. The molecule has 0 saturated carbocycles. The van der Waals surface area contributed by atoms with Crippen LogP contribution in [0.15, 0.2) is 119 Å². The van der Waals surface area contributed by atoms with Crippen LogP contribution in [0.5, 0.6) is 0 Å². The van der Waals surface area contributed by atoms with E-state index in [0.717, 1.165) is 113 Å². The standard InChI is InChI=1S/2C24H30N4O/c2*1-2-19-3-5-20(6-4-19)17-26-22-10-13-27(14-11-22)15-16-28-23-18-25-12-9-21(23)7-8-24(28)29/h2*3-9,12,18,22,26H,2,10-11,13-17H2,1H3. The first kappa shape index (κ1) is 41.2. The zero-order valence-electron chi connectivity index (χ0n) is 34.4. The molecule has 2 saturated heterocycles. The highest BCUT2D eigenvalue weighted by atomic mass is 16.1. The minimum absolute atomic E-state index is 0.0520. The van der Waals surface area contributed by atoms with Gasteiger partial charge in [-0.1, -0.05) is 62.4 Å². The van der Waals surface area contributed by atoms with Crippen molar-refractivity contribution >= 4 is 21.8 Å². The number of pyridine rings is 4. The summed E-state index contributed by atoms with van der Waals surface area (Å²) < 4.78 is 3.71. The van der Waals surface area contributed by atoms with E-state index < -0.39 is 0 Å². The number of hydrogen-bond acceptors (Lipinski definition) is 8. The van der Waals surface area contributed by atoms with Gasteiger partial charge in [0.2, 0.25) is 0 Å². The van der Waals surface area contributed by atoms with Gasteiger partial charge >= 0.3 is 0 Å². The summed E-state index contributed by atoms with van der Waals surface area (Å²) in [6, 6.07) is 30.0. The summed E-state index contributed by atoms with van der Waals surface area (Å²) in [5.41, 5.74) is 7.44. The number of piperidine rings is 2. The molecule has 0 spiro atoms. The van der Waals surface area contributed by atoms with Crippen LogP contribution in [0.1, 0.15) is 61.8 Å². The van der Waals surface area contributed by atoms with Crippen LogP contribution < -0.4 is 21.8 Å². The quantitative estimate of drug-likeness (QED) is 0.131. The molecule has 0 radical (unpaired) electrons. The molecule has 0 unspecified atom stereocenters. The Balaban J connectivity index is 0.000000177. The largest absolute Gasteiger partial charge is 0.310 e. The molecule has 304 valence electrons. The van der Waals surface area contributed by atoms with Gasteiger partial charge in [0.05, 0.1) is 23.4 Å². The number of nitrogens with one attached hydrogen (secondary N) is 2. The lowest BCUT2D eigenvalue weighted by Crippen LogP contribution is -2.43. The van der Waals surface area contributed by atoms with E-state index in [1.807, 2.05) is 33.4 Å². The molecular formula is C48H60N8O2. The number of nitrogens with zero attached hydrogens (tertiary/aromatic N) is 6. The van der Waals surface area contributed by atoms with E-state index in [0.29, 0.717) is 25.2 Å². The van der Waals surface area contributed by atoms with Crippen molar-refractivity contribution in [1.29, 1.82) is 0 Å². The van der Waals surface area contributed by atoms with Crippen LogP contribution in [0.4, 0.5) is 0 Å². The third-order valence-corrected chi connectivity index (χ3v) is 12.1. The molecular weight excluding hydrogens is 721 g/mol. The van der Waals surface area contributed by atoms with Crippen molar-refractivity contribution in [3.05, 3.63) is 153 Å². The zero-order valence-corrected chi connectivity index (χ0v) is 34.4. The van der Waals surface area contributed by atoms with Gasteiger partial charge in [0.1, 0.15) is 0 Å². The van der Waals surface area contributed by atoms with Crippen LogP contribution in [0.3, 0.4) is 0 Å². The first-order chi connectivity index (χ1) is 28.4. The Morgan fingerprint density at radius 2 is 0.879 bits per heavy atom. The highest BCUT2D eigenvalue weighted by Crippen LogP contribution is 2.16. The Morgan fingerprint density at radius 3 is 1.26 bits per heavy atom. The molecule has 0 aliphatic carbocycles. The van der Waals surface area contributed by atoms with Crippen molar-refractivity contribution < 1.29 is 0 Å². The summed E-state index contributed by atoms with van der Waals surface area (Å²) in [5, 5.41) is 9.55. The third kappa shape index (κ3) is 11.1. The van der Waals surface area contributed by atoms with Crippen LogP contribution in [-0.4, -0.2) is 80.3 Å². The minimum Gasteiger partial charge on any atom is -0.310 e. The van der Waals surface area contributed by atoms with Crippen LogP contribution in [-0.2, 0) is 39.0 Å². The highest BCUT2D eigenvalue weighted by Gasteiger charge is 2.20. The first-order valence-corrected chi connectivity index (χ1v) is 21.4. The molecule has 2 N–H and O–H groups in total. The van der Waals surface area contributed by atoms with Gasteiger partial charge in [-0.25, -0.2) is 0 Å². The van der Waals surface area contributed by atoms with E-state index >= 15 is 0 Å². The normalized spacial score (nSPS) is 15.8. The fraction of sp³-hybridized carbons (Fsp3) is 0.417. The summed E-state index contributed by atoms with van der Waals surface area (Å²) in [4.78, 5) is 38.0. The Labute approximate surface area is 342 Å². The summed E-state index contributed by atoms with van der Waals surface area (Å²) in [7, 11) is 0. The smallest absolute Gasteiger partial charge is 0.251 e. The van der Waals surface area contributed by atoms with E-state index in [1.165, 1.54) is 22.3 Å². The molecule has 2 aromatic carbocycles. The Kier molecular flexibility index (Phi) is 14.6. The second-order valence-corrected chi connectivity index (χ2v) is 15.8. The molecule has 4 aromatic heterocycles. The number of aryl methyl sites for hydroxylation is 2. The van der Waals surface area contributed by atoms with Gasteiger partial charge in [0, 0.05) is 86.7 Å². The fourth-order valence-corrected chi connectivity index (χ4v) is 8.24. The van der Waals surface area contributed by atoms with Crippen molar-refractivity contribution in [2.24, 2.45) is 0 Å². The van der Waals surface area contributed by atoms with Crippen LogP contribution in [0.25, 0.3) is 21.8 Å². The number of hydrogen-bond donors (Lipinski definition) is 2. The second kappa shape index (κ2) is 20.6. The molecule has 0 amide bonds. The number of aromatic nitrogens is 4. The van der Waals surface area contributed by atoms with Gasteiger partial charge in [-0.3, -0.25) is 19.6 Å². The van der Waals surface area contributed by atoms with Crippen molar-refractivity contribution in [2.45, 2.75) is 90.6 Å². The van der Waals surface area contributed by atoms with Gasteiger partial charge in [-0.2, -0.15) is 0 Å². The van der Waals surface area contributed by atoms with Crippen LogP contribution in [0.2, 0.25) is 0 Å². The van der Waals surface area contributed by atoms with Crippen molar-refractivity contribution in [1.82, 2.24) is 39.5 Å². The monoisotopic (exact) mass is 780 g/mol. The molecule has 10 nitrogen and oxygen atoms in total. The number of fused-ring (bicyclic) bond motifs is 2. The second-order valence-electron chi connectivity index (χ2n) is 15.8. The van der Waals surface area contributed by atoms with Gasteiger partial charge in [0.25, 0.3) is 11.1 Å². The summed E-state index contributed by atoms with van der Waals surface area (Å²) in [6.45, 7) is 13.8. The molecule has 0 atom stereocenters. The van der Waals surface area contributed by atoms with E-state index in [4.69, 9.17) is 0 Å².